The van der Waals surface area contributed by atoms with E-state index in [0.717, 1.165) is 16.5 Å². The van der Waals surface area contributed by atoms with Crippen molar-refractivity contribution in [3.8, 4) is 11.5 Å². The van der Waals surface area contributed by atoms with Gasteiger partial charge < -0.3 is 35.0 Å². The highest BCUT2D eigenvalue weighted by molar-refractivity contribution is 7.20. The smallest absolute Gasteiger partial charge is 0.264 e. The molecule has 262 valence electrons. The number of hydrogen-bond acceptors (Lipinski definition) is 8. The third-order valence-electron chi connectivity index (χ3n) is 8.71. The molecular weight excluding hydrogens is 663 g/mol. The molecule has 6 rings (SSSR count). The van der Waals surface area contributed by atoms with Crippen LogP contribution < -0.4 is 15.4 Å². The topological polar surface area (TPSA) is 138 Å². The van der Waals surface area contributed by atoms with Gasteiger partial charge in [0.15, 0.2) is 0 Å². The van der Waals surface area contributed by atoms with E-state index in [1.165, 1.54) is 53.6 Å². The van der Waals surface area contributed by atoms with Crippen molar-refractivity contribution in [3.05, 3.63) is 94.1 Å². The predicted molar refractivity (Wildman–Crippen MR) is 186 cm³/mol. The maximum atomic E-state index is 14.8. The highest BCUT2D eigenvalue weighted by Crippen LogP contribution is 2.30. The Morgan fingerprint density at radius 1 is 1.04 bits per heavy atom. The third-order valence-corrected chi connectivity index (χ3v) is 9.82. The molecule has 4 bridgehead atoms. The molecule has 0 aliphatic carbocycles. The van der Waals surface area contributed by atoms with E-state index in [1.807, 2.05) is 30.3 Å². The molecule has 1 fully saturated rings. The number of piperidine rings is 1. The summed E-state index contributed by atoms with van der Waals surface area (Å²) in [6.07, 6.45) is 1.96. The van der Waals surface area contributed by atoms with E-state index in [0.29, 0.717) is 42.8 Å². The third kappa shape index (κ3) is 8.47. The fraction of sp³-hybridized carbons (Fsp3) is 0.351. The Bertz CT molecular complexity index is 1870. The van der Waals surface area contributed by atoms with E-state index in [4.69, 9.17) is 14.6 Å². The van der Waals surface area contributed by atoms with Crippen molar-refractivity contribution in [2.45, 2.75) is 44.4 Å². The van der Waals surface area contributed by atoms with E-state index in [2.05, 4.69) is 10.6 Å². The first-order valence-electron chi connectivity index (χ1n) is 16.6. The number of nitrogens with one attached hydrogen (secondary N) is 2. The molecule has 13 heteroatoms. The molecule has 1 aromatic heterocycles. The molecule has 0 spiro atoms. The summed E-state index contributed by atoms with van der Waals surface area (Å²) in [6.45, 7) is 0.735. The average molecular weight is 703 g/mol. The van der Waals surface area contributed by atoms with Crippen LogP contribution in [-0.4, -0.2) is 90.5 Å². The van der Waals surface area contributed by atoms with E-state index >= 15 is 0 Å². The number of fused-ring (bicyclic) bond motifs is 6. The Balaban J connectivity index is 1.25. The van der Waals surface area contributed by atoms with Crippen LogP contribution in [0.2, 0.25) is 0 Å². The van der Waals surface area contributed by atoms with E-state index in [9.17, 15) is 23.6 Å². The Hall–Kier alpha value is -4.85. The lowest BCUT2D eigenvalue weighted by Crippen LogP contribution is -2.58. The first kappa shape index (κ1) is 35.0. The number of thiophene rings is 1. The number of aliphatic hydroxyl groups excluding tert-OH is 1. The van der Waals surface area contributed by atoms with Crippen LogP contribution in [0.3, 0.4) is 0 Å². The largest absolute Gasteiger partial charge is 0.457 e. The van der Waals surface area contributed by atoms with Gasteiger partial charge in [0.25, 0.3) is 17.7 Å². The van der Waals surface area contributed by atoms with Crippen LogP contribution in [0.1, 0.15) is 61.6 Å². The van der Waals surface area contributed by atoms with Crippen molar-refractivity contribution in [1.29, 1.82) is 0 Å². The first-order chi connectivity index (χ1) is 24.2. The lowest BCUT2D eigenvalue weighted by Gasteiger charge is -2.39. The number of benzene rings is 3. The van der Waals surface area contributed by atoms with Crippen LogP contribution in [0.4, 0.5) is 4.39 Å². The van der Waals surface area contributed by atoms with E-state index in [-0.39, 0.29) is 54.8 Å². The number of amides is 4. The second-order valence-electron chi connectivity index (χ2n) is 12.6. The molecule has 0 unspecified atom stereocenters. The molecule has 11 nitrogen and oxygen atoms in total. The Labute approximate surface area is 293 Å². The van der Waals surface area contributed by atoms with Gasteiger partial charge in [-0.25, -0.2) is 4.39 Å². The van der Waals surface area contributed by atoms with Gasteiger partial charge in [-0.2, -0.15) is 0 Å². The molecule has 3 heterocycles. The van der Waals surface area contributed by atoms with Crippen LogP contribution in [0.5, 0.6) is 11.5 Å². The lowest BCUT2D eigenvalue weighted by atomic mass is 10.0. The number of nitrogens with zero attached hydrogens (tertiary/aromatic N) is 2. The van der Waals surface area contributed by atoms with E-state index < -0.39 is 35.7 Å². The standard InChI is InChI=1S/C37H39FN4O7S/c1-41-21-34(44)40-30-20-42(37(47)33-18-24-7-3-4-8-32(24)50-33)11-9-31(30)48-22-23-13-27(38)19-28(14-23)49-29-16-25(15-26(17-29)36(41)46)35(45)39-10-5-2-6-12-43/h3-4,7-8,13-19,30-31,43H,2,5-6,9-12,20-22H2,1H3,(H,39,45)(H,40,44)/t30-,31+/m1/s1. The average Bonchev–Trinajstić information content (AvgIpc) is 3.54. The van der Waals surface area contributed by atoms with Crippen LogP contribution in [0.15, 0.2) is 66.7 Å². The van der Waals surface area contributed by atoms with Gasteiger partial charge in [0, 0.05) is 55.2 Å². The van der Waals surface area contributed by atoms with Gasteiger partial charge in [0.1, 0.15) is 17.3 Å². The molecule has 1 saturated heterocycles. The van der Waals surface area contributed by atoms with Gasteiger partial charge >= 0.3 is 0 Å². The molecule has 4 aromatic rings. The van der Waals surface area contributed by atoms with Gasteiger partial charge in [0.05, 0.1) is 30.2 Å². The summed E-state index contributed by atoms with van der Waals surface area (Å²) in [6, 6.07) is 17.5. The minimum absolute atomic E-state index is 0.0117. The maximum Gasteiger partial charge on any atom is 0.264 e. The molecule has 3 aromatic carbocycles. The quantitative estimate of drug-likeness (QED) is 0.237. The molecule has 0 radical (unpaired) electrons. The van der Waals surface area contributed by atoms with Crippen molar-refractivity contribution >= 4 is 45.1 Å². The molecular formula is C37H39FN4O7S. The summed E-state index contributed by atoms with van der Waals surface area (Å²) in [4.78, 5) is 57.3. The van der Waals surface area contributed by atoms with Gasteiger partial charge in [0.2, 0.25) is 5.91 Å². The summed E-state index contributed by atoms with van der Waals surface area (Å²) in [5.41, 5.74) is 0.736. The zero-order chi connectivity index (χ0) is 35.2. The highest BCUT2D eigenvalue weighted by atomic mass is 32.1. The Morgan fingerprint density at radius 3 is 2.68 bits per heavy atom. The molecule has 0 saturated carbocycles. The SMILES string of the molecule is CN1CC(=O)N[C@@H]2CN(C(=O)c3cc4ccccc4s3)CC[C@@H]2OCc2cc(F)cc(c2)Oc2cc(C(=O)NCCCCCO)cc(c2)C1=O. The minimum Gasteiger partial charge on any atom is -0.457 e. The first-order valence-corrected chi connectivity index (χ1v) is 17.4. The molecule has 2 atom stereocenters. The van der Waals surface area contributed by atoms with Crippen molar-refractivity contribution in [1.82, 2.24) is 20.4 Å². The normalized spacial score (nSPS) is 18.3. The molecule has 3 N–H and O–H groups in total. The number of unbranched alkanes of at least 4 members (excludes halogenated alkanes) is 2. The van der Waals surface area contributed by atoms with Crippen LogP contribution >= 0.6 is 11.3 Å². The van der Waals surface area contributed by atoms with Crippen molar-refractivity contribution < 1.29 is 38.1 Å². The van der Waals surface area contributed by atoms with Gasteiger partial charge in [-0.15, -0.1) is 11.3 Å². The van der Waals surface area contributed by atoms with Crippen LogP contribution in [-0.2, 0) is 16.1 Å². The summed E-state index contributed by atoms with van der Waals surface area (Å²) in [7, 11) is 1.48. The second-order valence-corrected chi connectivity index (χ2v) is 13.6. The number of halogens is 1. The second kappa shape index (κ2) is 15.8. The van der Waals surface area contributed by atoms with Crippen molar-refractivity contribution in [2.24, 2.45) is 0 Å². The number of aliphatic hydroxyl groups is 1. The van der Waals surface area contributed by atoms with Gasteiger partial charge in [-0.05, 0) is 79.1 Å². The predicted octanol–water partition coefficient (Wildman–Crippen LogP) is 4.73. The number of ether oxygens (including phenoxy) is 2. The van der Waals surface area contributed by atoms with Crippen LogP contribution in [0.25, 0.3) is 10.1 Å². The summed E-state index contributed by atoms with van der Waals surface area (Å²) >= 11 is 1.41. The number of likely N-dealkylation sites (N-methyl/N-ethyl adjacent to an activating group) is 1. The lowest BCUT2D eigenvalue weighted by molar-refractivity contribution is -0.124. The molecule has 4 amide bonds. The van der Waals surface area contributed by atoms with Gasteiger partial charge in [-0.3, -0.25) is 19.2 Å². The van der Waals surface area contributed by atoms with Crippen molar-refractivity contribution in [2.75, 3.05) is 39.8 Å². The molecule has 2 aliphatic heterocycles. The molecule has 2 aliphatic rings. The number of carbonyl (C=O) groups is 4. The number of likely N-dealkylation sites (tertiary alicyclic amines) is 1. The zero-order valence-electron chi connectivity index (χ0n) is 27.7. The summed E-state index contributed by atoms with van der Waals surface area (Å²) in [5.74, 6) is -1.85. The van der Waals surface area contributed by atoms with Crippen LogP contribution in [0, 0.1) is 5.82 Å². The Kier molecular flexibility index (Phi) is 11.1. The zero-order valence-corrected chi connectivity index (χ0v) is 28.5. The number of rotatable bonds is 7. The van der Waals surface area contributed by atoms with E-state index in [1.54, 1.807) is 11.0 Å². The summed E-state index contributed by atoms with van der Waals surface area (Å²) in [5, 5.41) is 15.8. The number of hydrogen-bond donors (Lipinski definition) is 3. The fourth-order valence-electron chi connectivity index (χ4n) is 6.19. The maximum absolute atomic E-state index is 14.8. The number of carbonyl (C=O) groups excluding carboxylic acids is 4. The van der Waals surface area contributed by atoms with Crippen molar-refractivity contribution in [3.63, 3.8) is 0 Å². The summed E-state index contributed by atoms with van der Waals surface area (Å²) < 4.78 is 28.1. The molecule has 50 heavy (non-hydrogen) atoms. The fourth-order valence-corrected chi connectivity index (χ4v) is 7.22. The minimum atomic E-state index is -0.605. The highest BCUT2D eigenvalue weighted by Gasteiger charge is 2.35. The Morgan fingerprint density at radius 2 is 1.86 bits per heavy atom. The monoisotopic (exact) mass is 702 g/mol. The van der Waals surface area contributed by atoms with Gasteiger partial charge in [-0.1, -0.05) is 18.2 Å².